The van der Waals surface area contributed by atoms with Gasteiger partial charge in [-0.15, -0.1) is 0 Å². The Morgan fingerprint density at radius 1 is 1.30 bits per heavy atom. The Morgan fingerprint density at radius 2 is 2.00 bits per heavy atom. The largest absolute Gasteiger partial charge is 0.464 e. The van der Waals surface area contributed by atoms with Crippen LogP contribution in [0.2, 0.25) is 0 Å². The summed E-state index contributed by atoms with van der Waals surface area (Å²) in [6, 6.07) is 7.14. The molecule has 3 rings (SSSR count). The van der Waals surface area contributed by atoms with Crippen LogP contribution >= 0.6 is 0 Å². The van der Waals surface area contributed by atoms with Crippen LogP contribution in [-0.2, 0) is 38.5 Å². The van der Waals surface area contributed by atoms with Crippen molar-refractivity contribution < 1.29 is 22.1 Å². The third kappa shape index (κ3) is 4.22. The van der Waals surface area contributed by atoms with Gasteiger partial charge in [0.1, 0.15) is 0 Å². The number of nitrogens with zero attached hydrogens (tertiary/aromatic N) is 2. The number of fused-ring (bicyclic) bond motifs is 1. The Kier molecular flexibility index (Phi) is 5.14. The lowest BCUT2D eigenvalue weighted by Gasteiger charge is -2.28. The molecule has 0 bridgehead atoms. The van der Waals surface area contributed by atoms with E-state index in [9.17, 15) is 13.2 Å². The molecule has 0 N–H and O–H groups in total. The molecule has 2 aromatic rings. The summed E-state index contributed by atoms with van der Waals surface area (Å²) in [5.74, 6) is -0.458. The molecule has 0 unspecified atom stereocenters. The van der Waals surface area contributed by atoms with Crippen molar-refractivity contribution in [1.29, 1.82) is 0 Å². The molecule has 27 heavy (non-hydrogen) atoms. The minimum Gasteiger partial charge on any atom is -0.464 e. The van der Waals surface area contributed by atoms with Gasteiger partial charge in [-0.3, -0.25) is 4.18 Å². The zero-order chi connectivity index (χ0) is 19.8. The molecule has 0 saturated heterocycles. The van der Waals surface area contributed by atoms with Crippen molar-refractivity contribution >= 4 is 16.1 Å². The smallest absolute Gasteiger partial charge is 0.357 e. The van der Waals surface area contributed by atoms with E-state index in [4.69, 9.17) is 8.92 Å². The first-order valence-corrected chi connectivity index (χ1v) is 10.5. The number of rotatable bonds is 5. The maximum Gasteiger partial charge on any atom is 0.357 e. The van der Waals surface area contributed by atoms with Gasteiger partial charge in [-0.1, -0.05) is 32.0 Å². The quantitative estimate of drug-likeness (QED) is 0.574. The summed E-state index contributed by atoms with van der Waals surface area (Å²) in [6.45, 7) is 4.20. The molecule has 146 valence electrons. The van der Waals surface area contributed by atoms with Gasteiger partial charge < -0.3 is 4.74 Å². The molecular formula is C19H24N2O5S. The van der Waals surface area contributed by atoms with E-state index in [1.54, 1.807) is 22.9 Å². The number of carbonyl (C=O) groups excluding carboxylic acids is 1. The van der Waals surface area contributed by atoms with Crippen molar-refractivity contribution in [3.63, 3.8) is 0 Å². The van der Waals surface area contributed by atoms with E-state index in [1.165, 1.54) is 7.11 Å². The maximum absolute atomic E-state index is 12.6. The molecule has 1 aromatic heterocycles. The molecule has 0 spiro atoms. The Bertz CT molecular complexity index is 976. The van der Waals surface area contributed by atoms with Crippen LogP contribution in [0.3, 0.4) is 0 Å². The third-order valence-corrected chi connectivity index (χ3v) is 5.33. The van der Waals surface area contributed by atoms with Crippen LogP contribution in [0, 0.1) is 5.41 Å². The van der Waals surface area contributed by atoms with E-state index in [-0.39, 0.29) is 12.0 Å². The molecule has 8 heteroatoms. The van der Waals surface area contributed by atoms with Gasteiger partial charge in [0.15, 0.2) is 5.69 Å². The van der Waals surface area contributed by atoms with Crippen LogP contribution in [-0.4, -0.2) is 37.5 Å². The van der Waals surface area contributed by atoms with E-state index in [2.05, 4.69) is 18.9 Å². The minimum atomic E-state index is -3.59. The summed E-state index contributed by atoms with van der Waals surface area (Å²) < 4.78 is 34.3. The second-order valence-electron chi connectivity index (χ2n) is 7.61. The number of methoxy groups -OCH3 is 1. The van der Waals surface area contributed by atoms with Crippen molar-refractivity contribution in [2.45, 2.75) is 39.7 Å². The van der Waals surface area contributed by atoms with Crippen molar-refractivity contribution in [3.8, 4) is 5.69 Å². The van der Waals surface area contributed by atoms with Crippen LogP contribution in [0.25, 0.3) is 5.69 Å². The average molecular weight is 392 g/mol. The summed E-state index contributed by atoms with van der Waals surface area (Å²) in [6.07, 6.45) is 3.50. The molecule has 0 amide bonds. The number of aromatic nitrogens is 2. The lowest BCUT2D eigenvalue weighted by Crippen LogP contribution is -2.23. The Labute approximate surface area is 159 Å². The summed E-state index contributed by atoms with van der Waals surface area (Å²) in [4.78, 5) is 12.6. The minimum absolute atomic E-state index is 0.0720. The molecule has 0 radical (unpaired) electrons. The molecule has 7 nitrogen and oxygen atoms in total. The standard InChI is InChI=1S/C19H24N2O5S/c1-19(2)10-9-15-14(11-19)17(18(22)25-3)21(20-15)16-8-6-5-7-13(16)12-26-27(4,23)24/h5-8H,9-12H2,1-4H3. The van der Waals surface area contributed by atoms with Crippen LogP contribution in [0.1, 0.15) is 47.6 Å². The van der Waals surface area contributed by atoms with Gasteiger partial charge in [0.25, 0.3) is 10.1 Å². The lowest BCUT2D eigenvalue weighted by molar-refractivity contribution is 0.0588. The van der Waals surface area contributed by atoms with Crippen LogP contribution in [0.15, 0.2) is 24.3 Å². The molecule has 1 aliphatic rings. The summed E-state index contributed by atoms with van der Waals surface area (Å²) >= 11 is 0. The monoisotopic (exact) mass is 392 g/mol. The van der Waals surface area contributed by atoms with E-state index >= 15 is 0 Å². The predicted octanol–water partition coefficient (Wildman–Crippen LogP) is 2.65. The van der Waals surface area contributed by atoms with Crippen LogP contribution < -0.4 is 0 Å². The van der Waals surface area contributed by atoms with Gasteiger partial charge in [0.2, 0.25) is 0 Å². The molecule has 0 saturated carbocycles. The summed E-state index contributed by atoms with van der Waals surface area (Å²) in [5.41, 5.74) is 3.47. The number of ether oxygens (including phenoxy) is 1. The van der Waals surface area contributed by atoms with Gasteiger partial charge >= 0.3 is 5.97 Å². The summed E-state index contributed by atoms with van der Waals surface area (Å²) in [7, 11) is -2.25. The first-order valence-electron chi connectivity index (χ1n) is 8.73. The van der Waals surface area contributed by atoms with Gasteiger partial charge in [-0.25, -0.2) is 9.48 Å². The first kappa shape index (κ1) is 19.6. The van der Waals surface area contributed by atoms with Crippen LogP contribution in [0.5, 0.6) is 0 Å². The Hall–Kier alpha value is -2.19. The van der Waals surface area contributed by atoms with E-state index in [0.717, 1.165) is 36.8 Å². The van der Waals surface area contributed by atoms with Crippen molar-refractivity contribution in [2.75, 3.05) is 13.4 Å². The molecule has 0 aliphatic heterocycles. The topological polar surface area (TPSA) is 87.5 Å². The first-order chi connectivity index (χ1) is 12.6. The predicted molar refractivity (Wildman–Crippen MR) is 100 cm³/mol. The molecule has 0 atom stereocenters. The number of hydrogen-bond donors (Lipinski definition) is 0. The zero-order valence-electron chi connectivity index (χ0n) is 16.0. The molecule has 1 aliphatic carbocycles. The number of hydrogen-bond acceptors (Lipinski definition) is 6. The molecule has 0 fully saturated rings. The average Bonchev–Trinajstić information content (AvgIpc) is 2.96. The fourth-order valence-electron chi connectivity index (χ4n) is 3.40. The van der Waals surface area contributed by atoms with Crippen molar-refractivity contribution in [2.24, 2.45) is 5.41 Å². The van der Waals surface area contributed by atoms with Gasteiger partial charge in [-0.2, -0.15) is 13.5 Å². The number of carbonyl (C=O) groups is 1. The van der Waals surface area contributed by atoms with Crippen LogP contribution in [0.4, 0.5) is 0 Å². The van der Waals surface area contributed by atoms with Gasteiger partial charge in [0.05, 0.1) is 31.4 Å². The normalized spacial score (nSPS) is 16.0. The van der Waals surface area contributed by atoms with Gasteiger partial charge in [0, 0.05) is 11.1 Å². The number of aryl methyl sites for hydroxylation is 1. The van der Waals surface area contributed by atoms with E-state index < -0.39 is 16.1 Å². The fourth-order valence-corrected chi connectivity index (χ4v) is 3.74. The highest BCUT2D eigenvalue weighted by Crippen LogP contribution is 2.37. The SMILES string of the molecule is COC(=O)c1c2c(nn1-c1ccccc1COS(C)(=O)=O)CCC(C)(C)C2. The van der Waals surface area contributed by atoms with Crippen molar-refractivity contribution in [1.82, 2.24) is 9.78 Å². The summed E-state index contributed by atoms with van der Waals surface area (Å²) in [5, 5.41) is 4.67. The van der Waals surface area contributed by atoms with Crippen molar-refractivity contribution in [3.05, 3.63) is 46.8 Å². The second-order valence-corrected chi connectivity index (χ2v) is 9.26. The highest BCUT2D eigenvalue weighted by atomic mass is 32.2. The number of esters is 1. The Balaban J connectivity index is 2.13. The maximum atomic E-state index is 12.6. The molecule has 1 aromatic carbocycles. The number of benzene rings is 1. The fraction of sp³-hybridized carbons (Fsp3) is 0.474. The van der Waals surface area contributed by atoms with Gasteiger partial charge in [-0.05, 0) is 30.7 Å². The molecular weight excluding hydrogens is 368 g/mol. The zero-order valence-corrected chi connectivity index (χ0v) is 16.8. The lowest BCUT2D eigenvalue weighted by atomic mass is 9.76. The Morgan fingerprint density at radius 3 is 2.67 bits per heavy atom. The number of para-hydroxylation sites is 1. The molecule has 1 heterocycles. The highest BCUT2D eigenvalue weighted by molar-refractivity contribution is 7.85. The second kappa shape index (κ2) is 7.09. The van der Waals surface area contributed by atoms with E-state index in [1.807, 2.05) is 6.07 Å². The van der Waals surface area contributed by atoms with E-state index in [0.29, 0.717) is 16.9 Å². The third-order valence-electron chi connectivity index (χ3n) is 4.79. The highest BCUT2D eigenvalue weighted by Gasteiger charge is 2.34.